The van der Waals surface area contributed by atoms with Gasteiger partial charge in [-0.2, -0.15) is 0 Å². The Bertz CT molecular complexity index is 496. The van der Waals surface area contributed by atoms with Crippen LogP contribution in [0.3, 0.4) is 0 Å². The van der Waals surface area contributed by atoms with E-state index < -0.39 is 0 Å². The van der Waals surface area contributed by atoms with Gasteiger partial charge in [0, 0.05) is 44.8 Å². The van der Waals surface area contributed by atoms with E-state index in [1.165, 1.54) is 19.1 Å². The highest BCUT2D eigenvalue weighted by molar-refractivity contribution is 5.78. The number of hydrogen-bond donors (Lipinski definition) is 1. The standard InChI is InChI=1S/C15H20FN3O2/c1-12(20)6-7-17-15(21)19-10-8-18(9-11-19)14-4-2-13(16)3-5-14/h2-5H,6-11H2,1H3,(H,17,21). The predicted octanol–water partition coefficient (Wildman–Crippen LogP) is 1.64. The smallest absolute Gasteiger partial charge is 0.317 e. The molecule has 1 N–H and O–H groups in total. The Kier molecular flexibility index (Phi) is 5.14. The average Bonchev–Trinajstić information content (AvgIpc) is 2.48. The van der Waals surface area contributed by atoms with Gasteiger partial charge in [0.15, 0.2) is 0 Å². The fraction of sp³-hybridized carbons (Fsp3) is 0.467. The first-order valence-electron chi connectivity index (χ1n) is 7.09. The van der Waals surface area contributed by atoms with Gasteiger partial charge in [-0.3, -0.25) is 4.79 Å². The number of benzene rings is 1. The summed E-state index contributed by atoms with van der Waals surface area (Å²) in [5, 5.41) is 2.74. The third kappa shape index (κ3) is 4.44. The molecule has 0 saturated carbocycles. The van der Waals surface area contributed by atoms with Crippen molar-refractivity contribution in [3.8, 4) is 0 Å². The largest absolute Gasteiger partial charge is 0.368 e. The molecule has 0 unspecified atom stereocenters. The quantitative estimate of drug-likeness (QED) is 0.918. The molecule has 0 aliphatic carbocycles. The van der Waals surface area contributed by atoms with Crippen molar-refractivity contribution in [3.63, 3.8) is 0 Å². The summed E-state index contributed by atoms with van der Waals surface area (Å²) in [6.45, 7) is 4.55. The number of hydrogen-bond acceptors (Lipinski definition) is 3. The molecule has 0 bridgehead atoms. The fourth-order valence-electron chi connectivity index (χ4n) is 2.28. The number of urea groups is 1. The predicted molar refractivity (Wildman–Crippen MR) is 78.9 cm³/mol. The van der Waals surface area contributed by atoms with E-state index in [4.69, 9.17) is 0 Å². The second kappa shape index (κ2) is 7.06. The van der Waals surface area contributed by atoms with Gasteiger partial charge in [-0.15, -0.1) is 0 Å². The number of rotatable bonds is 4. The van der Waals surface area contributed by atoms with E-state index in [2.05, 4.69) is 10.2 Å². The summed E-state index contributed by atoms with van der Waals surface area (Å²) >= 11 is 0. The number of carbonyl (C=O) groups is 2. The van der Waals surface area contributed by atoms with Crippen LogP contribution in [-0.2, 0) is 4.79 Å². The molecule has 1 fully saturated rings. The number of nitrogens with one attached hydrogen (secondary N) is 1. The van der Waals surface area contributed by atoms with Crippen LogP contribution in [0.15, 0.2) is 24.3 Å². The van der Waals surface area contributed by atoms with Crippen molar-refractivity contribution in [2.24, 2.45) is 0 Å². The topological polar surface area (TPSA) is 52.7 Å². The maximum atomic E-state index is 12.9. The van der Waals surface area contributed by atoms with Crippen molar-refractivity contribution in [1.82, 2.24) is 10.2 Å². The molecule has 0 aromatic heterocycles. The van der Waals surface area contributed by atoms with Gasteiger partial charge in [0.1, 0.15) is 11.6 Å². The third-order valence-electron chi connectivity index (χ3n) is 3.51. The normalized spacial score (nSPS) is 15.0. The highest BCUT2D eigenvalue weighted by Gasteiger charge is 2.20. The minimum atomic E-state index is -0.248. The lowest BCUT2D eigenvalue weighted by atomic mass is 10.2. The zero-order valence-corrected chi connectivity index (χ0v) is 12.1. The van der Waals surface area contributed by atoms with Crippen LogP contribution < -0.4 is 10.2 Å². The van der Waals surface area contributed by atoms with Crippen molar-refractivity contribution in [2.45, 2.75) is 13.3 Å². The van der Waals surface area contributed by atoms with E-state index in [9.17, 15) is 14.0 Å². The zero-order valence-electron chi connectivity index (χ0n) is 12.1. The Morgan fingerprint density at radius 2 is 1.76 bits per heavy atom. The average molecular weight is 293 g/mol. The molecule has 1 aromatic carbocycles. The summed E-state index contributed by atoms with van der Waals surface area (Å²) in [6.07, 6.45) is 0.362. The minimum Gasteiger partial charge on any atom is -0.368 e. The summed E-state index contributed by atoms with van der Waals surface area (Å²) in [6, 6.07) is 6.25. The number of Topliss-reactive ketones (excluding diaryl/α,β-unsaturated/α-hetero) is 1. The minimum absolute atomic E-state index is 0.0661. The molecule has 2 rings (SSSR count). The Balaban J connectivity index is 1.78. The molecule has 1 saturated heterocycles. The number of ketones is 1. The van der Waals surface area contributed by atoms with Crippen LogP contribution in [0.2, 0.25) is 0 Å². The first kappa shape index (κ1) is 15.3. The van der Waals surface area contributed by atoms with E-state index in [1.54, 1.807) is 17.0 Å². The number of anilines is 1. The highest BCUT2D eigenvalue weighted by Crippen LogP contribution is 2.16. The molecular weight excluding hydrogens is 273 g/mol. The van der Waals surface area contributed by atoms with Crippen molar-refractivity contribution < 1.29 is 14.0 Å². The van der Waals surface area contributed by atoms with E-state index >= 15 is 0 Å². The molecule has 0 atom stereocenters. The van der Waals surface area contributed by atoms with E-state index in [1.807, 2.05) is 0 Å². The number of piperazine rings is 1. The fourth-order valence-corrected chi connectivity index (χ4v) is 2.28. The van der Waals surface area contributed by atoms with Gasteiger partial charge < -0.3 is 15.1 Å². The molecule has 21 heavy (non-hydrogen) atoms. The monoisotopic (exact) mass is 293 g/mol. The molecule has 0 spiro atoms. The molecule has 2 amide bonds. The van der Waals surface area contributed by atoms with E-state index in [0.29, 0.717) is 39.1 Å². The van der Waals surface area contributed by atoms with Crippen molar-refractivity contribution in [1.29, 1.82) is 0 Å². The summed E-state index contributed by atoms with van der Waals surface area (Å²) in [5.74, 6) is -0.182. The lowest BCUT2D eigenvalue weighted by molar-refractivity contribution is -0.116. The van der Waals surface area contributed by atoms with Crippen molar-refractivity contribution >= 4 is 17.5 Å². The molecule has 114 valence electrons. The van der Waals surface area contributed by atoms with Crippen LogP contribution in [0.4, 0.5) is 14.9 Å². The SMILES string of the molecule is CC(=O)CCNC(=O)N1CCN(c2ccc(F)cc2)CC1. The first-order valence-corrected chi connectivity index (χ1v) is 7.09. The van der Waals surface area contributed by atoms with Gasteiger partial charge >= 0.3 is 6.03 Å². The van der Waals surface area contributed by atoms with Gasteiger partial charge in [0.25, 0.3) is 0 Å². The number of halogens is 1. The van der Waals surface area contributed by atoms with E-state index in [-0.39, 0.29) is 17.6 Å². The van der Waals surface area contributed by atoms with Crippen LogP contribution in [0.25, 0.3) is 0 Å². The molecule has 6 heteroatoms. The molecule has 1 aromatic rings. The highest BCUT2D eigenvalue weighted by atomic mass is 19.1. The van der Waals surface area contributed by atoms with Gasteiger partial charge in [-0.1, -0.05) is 0 Å². The van der Waals surface area contributed by atoms with Crippen molar-refractivity contribution in [2.75, 3.05) is 37.6 Å². The molecule has 1 aliphatic rings. The van der Waals surface area contributed by atoms with Crippen LogP contribution in [0, 0.1) is 5.82 Å². The Morgan fingerprint density at radius 3 is 2.33 bits per heavy atom. The van der Waals surface area contributed by atoms with Crippen LogP contribution >= 0.6 is 0 Å². The Morgan fingerprint density at radius 1 is 1.14 bits per heavy atom. The summed E-state index contributed by atoms with van der Waals surface area (Å²) in [7, 11) is 0. The van der Waals surface area contributed by atoms with Gasteiger partial charge in [-0.05, 0) is 31.2 Å². The number of amides is 2. The first-order chi connectivity index (χ1) is 10.1. The van der Waals surface area contributed by atoms with E-state index in [0.717, 1.165) is 5.69 Å². The molecule has 5 nitrogen and oxygen atoms in total. The molecule has 1 aliphatic heterocycles. The maximum absolute atomic E-state index is 12.9. The third-order valence-corrected chi connectivity index (χ3v) is 3.51. The molecular formula is C15H20FN3O2. The zero-order chi connectivity index (χ0) is 15.2. The lowest BCUT2D eigenvalue weighted by Gasteiger charge is -2.36. The molecule has 0 radical (unpaired) electrons. The summed E-state index contributed by atoms with van der Waals surface area (Å²) in [5.41, 5.74) is 0.966. The number of nitrogens with zero attached hydrogens (tertiary/aromatic N) is 2. The van der Waals surface area contributed by atoms with Crippen LogP contribution in [-0.4, -0.2) is 49.4 Å². The second-order valence-electron chi connectivity index (χ2n) is 5.13. The Labute approximate surface area is 123 Å². The van der Waals surface area contributed by atoms with Crippen molar-refractivity contribution in [3.05, 3.63) is 30.1 Å². The summed E-state index contributed by atoms with van der Waals surface area (Å²) < 4.78 is 12.9. The van der Waals surface area contributed by atoms with Crippen LogP contribution in [0.5, 0.6) is 0 Å². The molecule has 1 heterocycles. The Hall–Kier alpha value is -2.11. The van der Waals surface area contributed by atoms with Gasteiger partial charge in [0.2, 0.25) is 0 Å². The van der Waals surface area contributed by atoms with Gasteiger partial charge in [-0.25, -0.2) is 9.18 Å². The second-order valence-corrected chi connectivity index (χ2v) is 5.13. The van der Waals surface area contributed by atoms with Gasteiger partial charge in [0.05, 0.1) is 0 Å². The van der Waals surface area contributed by atoms with Crippen LogP contribution in [0.1, 0.15) is 13.3 Å². The lowest BCUT2D eigenvalue weighted by Crippen LogP contribution is -2.52. The maximum Gasteiger partial charge on any atom is 0.317 e. The number of carbonyl (C=O) groups excluding carboxylic acids is 2. The summed E-state index contributed by atoms with van der Waals surface area (Å²) in [4.78, 5) is 26.6.